The maximum absolute atomic E-state index is 4.59. The predicted octanol–water partition coefficient (Wildman–Crippen LogP) is 3.83. The van der Waals surface area contributed by atoms with Gasteiger partial charge in [0.15, 0.2) is 0 Å². The van der Waals surface area contributed by atoms with Crippen LogP contribution in [-0.4, -0.2) is 34.5 Å². The number of hydrogen-bond acceptors (Lipinski definition) is 6. The minimum Gasteiger partial charge on any atom is -0.314 e. The van der Waals surface area contributed by atoms with Crippen LogP contribution in [0.1, 0.15) is 16.5 Å². The van der Waals surface area contributed by atoms with Crippen LogP contribution in [0.25, 0.3) is 10.6 Å². The van der Waals surface area contributed by atoms with Crippen LogP contribution in [0.2, 0.25) is 0 Å². The Labute approximate surface area is 156 Å². The molecule has 4 heterocycles. The van der Waals surface area contributed by atoms with Gasteiger partial charge in [-0.15, -0.1) is 23.7 Å². The van der Waals surface area contributed by atoms with Crippen molar-refractivity contribution in [3.8, 4) is 10.6 Å². The van der Waals surface area contributed by atoms with Gasteiger partial charge in [0.05, 0.1) is 0 Å². The van der Waals surface area contributed by atoms with E-state index in [4.69, 9.17) is 0 Å². The molecule has 4 nitrogen and oxygen atoms in total. The van der Waals surface area contributed by atoms with Crippen molar-refractivity contribution in [3.63, 3.8) is 0 Å². The molecule has 126 valence electrons. The van der Waals surface area contributed by atoms with Gasteiger partial charge in [-0.1, -0.05) is 0 Å². The fourth-order valence-corrected chi connectivity index (χ4v) is 4.60. The highest BCUT2D eigenvalue weighted by Gasteiger charge is 2.24. The summed E-state index contributed by atoms with van der Waals surface area (Å²) in [5.41, 5.74) is 2.56. The van der Waals surface area contributed by atoms with Crippen molar-refractivity contribution in [2.45, 2.75) is 12.6 Å². The van der Waals surface area contributed by atoms with Gasteiger partial charge in [0.2, 0.25) is 0 Å². The van der Waals surface area contributed by atoms with Gasteiger partial charge in [0.1, 0.15) is 5.01 Å². The van der Waals surface area contributed by atoms with E-state index >= 15 is 0 Å². The topological polar surface area (TPSA) is 41.0 Å². The number of nitrogens with zero attached hydrogens (tertiary/aromatic N) is 3. The van der Waals surface area contributed by atoms with Crippen molar-refractivity contribution in [2.75, 3.05) is 19.6 Å². The first kappa shape index (κ1) is 17.5. The molecule has 1 atom stereocenters. The molecule has 0 radical (unpaired) electrons. The van der Waals surface area contributed by atoms with Crippen LogP contribution in [-0.2, 0) is 6.54 Å². The molecule has 3 aromatic heterocycles. The average Bonchev–Trinajstić information content (AvgIpc) is 3.27. The lowest BCUT2D eigenvalue weighted by Crippen LogP contribution is -2.45. The van der Waals surface area contributed by atoms with E-state index in [2.05, 4.69) is 49.1 Å². The first-order valence-corrected chi connectivity index (χ1v) is 9.48. The van der Waals surface area contributed by atoms with Gasteiger partial charge in [-0.2, -0.15) is 11.3 Å². The lowest BCUT2D eigenvalue weighted by atomic mass is 10.0. The molecule has 1 N–H and O–H groups in total. The van der Waals surface area contributed by atoms with Crippen molar-refractivity contribution < 1.29 is 0 Å². The molecule has 1 aliphatic heterocycles. The number of thiazole rings is 1. The van der Waals surface area contributed by atoms with E-state index in [1.165, 1.54) is 16.0 Å². The summed E-state index contributed by atoms with van der Waals surface area (Å²) in [5, 5.41) is 8.89. The molecule has 0 aromatic carbocycles. The molecule has 0 bridgehead atoms. The summed E-state index contributed by atoms with van der Waals surface area (Å²) in [6.45, 7) is 4.03. The van der Waals surface area contributed by atoms with Crippen molar-refractivity contribution in [2.24, 2.45) is 0 Å². The number of aromatic nitrogens is 2. The normalized spacial score (nSPS) is 18.2. The van der Waals surface area contributed by atoms with Crippen LogP contribution < -0.4 is 5.32 Å². The highest BCUT2D eigenvalue weighted by atomic mass is 35.5. The molecule has 4 rings (SSSR count). The zero-order valence-corrected chi connectivity index (χ0v) is 15.5. The molecule has 0 spiro atoms. The van der Waals surface area contributed by atoms with E-state index in [0.29, 0.717) is 6.04 Å². The lowest BCUT2D eigenvalue weighted by Gasteiger charge is -2.36. The second-order valence-corrected chi connectivity index (χ2v) is 7.51. The number of rotatable bonds is 4. The Bertz CT molecular complexity index is 745. The van der Waals surface area contributed by atoms with Crippen LogP contribution in [0.3, 0.4) is 0 Å². The predicted molar refractivity (Wildman–Crippen MR) is 103 cm³/mol. The Morgan fingerprint density at radius 3 is 2.92 bits per heavy atom. The van der Waals surface area contributed by atoms with E-state index in [9.17, 15) is 0 Å². The summed E-state index contributed by atoms with van der Waals surface area (Å²) in [6.07, 6.45) is 5.79. The highest BCUT2D eigenvalue weighted by Crippen LogP contribution is 2.30. The fourth-order valence-electron chi connectivity index (χ4n) is 2.95. The summed E-state index contributed by atoms with van der Waals surface area (Å²) < 4.78 is 0. The Balaban J connectivity index is 0.00000169. The summed E-state index contributed by atoms with van der Waals surface area (Å²) in [5.74, 6) is 0. The Hall–Kier alpha value is -1.31. The molecule has 24 heavy (non-hydrogen) atoms. The first-order chi connectivity index (χ1) is 11.4. The minimum atomic E-state index is 0. The highest BCUT2D eigenvalue weighted by molar-refractivity contribution is 7.15. The third-order valence-electron chi connectivity index (χ3n) is 4.13. The lowest BCUT2D eigenvalue weighted by molar-refractivity contribution is 0.155. The van der Waals surface area contributed by atoms with Crippen LogP contribution in [0.15, 0.2) is 47.5 Å². The van der Waals surface area contributed by atoms with Crippen LogP contribution in [0, 0.1) is 0 Å². The third kappa shape index (κ3) is 3.84. The number of piperazine rings is 1. The molecule has 1 aliphatic rings. The minimum absolute atomic E-state index is 0. The molecule has 0 amide bonds. The van der Waals surface area contributed by atoms with Gasteiger partial charge in [0.25, 0.3) is 0 Å². The van der Waals surface area contributed by atoms with Crippen molar-refractivity contribution in [1.82, 2.24) is 20.2 Å². The molecule has 0 aliphatic carbocycles. The van der Waals surface area contributed by atoms with E-state index < -0.39 is 0 Å². The Morgan fingerprint density at radius 2 is 2.12 bits per heavy atom. The van der Waals surface area contributed by atoms with Crippen molar-refractivity contribution >= 4 is 35.1 Å². The second kappa shape index (κ2) is 8.18. The average molecular weight is 379 g/mol. The summed E-state index contributed by atoms with van der Waals surface area (Å²) >= 11 is 3.52. The maximum atomic E-state index is 4.59. The molecule has 7 heteroatoms. The number of halogens is 1. The fraction of sp³-hybridized carbons (Fsp3) is 0.294. The second-order valence-electron chi connectivity index (χ2n) is 5.61. The largest absolute Gasteiger partial charge is 0.314 e. The number of nitrogens with one attached hydrogen (secondary N) is 1. The summed E-state index contributed by atoms with van der Waals surface area (Å²) in [4.78, 5) is 12.6. The summed E-state index contributed by atoms with van der Waals surface area (Å²) in [6, 6.07) is 6.78. The van der Waals surface area contributed by atoms with Gasteiger partial charge in [0, 0.05) is 66.6 Å². The quantitative estimate of drug-likeness (QED) is 0.749. The Morgan fingerprint density at radius 1 is 1.25 bits per heavy atom. The zero-order valence-electron chi connectivity index (χ0n) is 13.1. The molecular formula is C17H19ClN4S2. The number of pyridine rings is 1. The molecule has 1 unspecified atom stereocenters. The Kier molecular flexibility index (Phi) is 5.97. The standard InChI is InChI=1S/C17H18N4S2.ClH/c1-4-18-5-2-13(1)16-10-19-6-7-21(16)11-15-9-20-17(23-15)14-3-8-22-12-14;/h1-5,8-9,12,16,19H,6-7,10-11H2;1H. The monoisotopic (exact) mass is 378 g/mol. The van der Waals surface area contributed by atoms with E-state index in [1.807, 2.05) is 18.6 Å². The van der Waals surface area contributed by atoms with Crippen molar-refractivity contribution in [1.29, 1.82) is 0 Å². The van der Waals surface area contributed by atoms with Crippen molar-refractivity contribution in [3.05, 3.63) is 58.0 Å². The van der Waals surface area contributed by atoms with E-state index in [0.717, 1.165) is 31.2 Å². The molecular weight excluding hydrogens is 360 g/mol. The van der Waals surface area contributed by atoms with Crippen LogP contribution >= 0.6 is 35.1 Å². The number of hydrogen-bond donors (Lipinski definition) is 1. The smallest absolute Gasteiger partial charge is 0.124 e. The van der Waals surface area contributed by atoms with Gasteiger partial charge in [-0.05, 0) is 29.1 Å². The van der Waals surface area contributed by atoms with E-state index in [-0.39, 0.29) is 12.4 Å². The zero-order chi connectivity index (χ0) is 15.5. The third-order valence-corrected chi connectivity index (χ3v) is 5.84. The maximum Gasteiger partial charge on any atom is 0.124 e. The van der Waals surface area contributed by atoms with E-state index in [1.54, 1.807) is 22.7 Å². The molecule has 0 saturated carbocycles. The van der Waals surface area contributed by atoms with Gasteiger partial charge < -0.3 is 5.32 Å². The molecule has 3 aromatic rings. The first-order valence-electron chi connectivity index (χ1n) is 7.72. The van der Waals surface area contributed by atoms with Crippen LogP contribution in [0.4, 0.5) is 0 Å². The van der Waals surface area contributed by atoms with Gasteiger partial charge in [-0.3, -0.25) is 9.88 Å². The number of thiophene rings is 1. The van der Waals surface area contributed by atoms with Gasteiger partial charge in [-0.25, -0.2) is 4.98 Å². The molecule has 1 saturated heterocycles. The van der Waals surface area contributed by atoms with Gasteiger partial charge >= 0.3 is 0 Å². The SMILES string of the molecule is Cl.c1cc(C2CNCCN2Cc2cnc(-c3ccsc3)s2)ccn1. The molecule has 1 fully saturated rings. The van der Waals surface area contributed by atoms with Crippen LogP contribution in [0.5, 0.6) is 0 Å². The summed E-state index contributed by atoms with van der Waals surface area (Å²) in [7, 11) is 0.